The molecule has 13 heteroatoms. The van der Waals surface area contributed by atoms with E-state index in [0.29, 0.717) is 58.4 Å². The quantitative estimate of drug-likeness (QED) is 0.103. The maximum absolute atomic E-state index is 13.8. The van der Waals surface area contributed by atoms with Crippen molar-refractivity contribution >= 4 is 47.1 Å². The zero-order chi connectivity index (χ0) is 44.2. The van der Waals surface area contributed by atoms with Gasteiger partial charge in [0.1, 0.15) is 17.2 Å². The molecule has 0 saturated carbocycles. The van der Waals surface area contributed by atoms with Gasteiger partial charge in [0.15, 0.2) is 0 Å². The minimum Gasteiger partial charge on any atom is -0.508 e. The van der Waals surface area contributed by atoms with E-state index in [2.05, 4.69) is 102 Å². The number of morpholine rings is 1. The normalized spacial score (nSPS) is 17.7. The Balaban J connectivity index is 1.17. The van der Waals surface area contributed by atoms with E-state index in [0.717, 1.165) is 72.8 Å². The van der Waals surface area contributed by atoms with Gasteiger partial charge in [-0.2, -0.15) is 9.97 Å². The highest BCUT2D eigenvalue weighted by Gasteiger charge is 2.51. The number of amides is 1. The molecule has 4 heterocycles. The highest BCUT2D eigenvalue weighted by Crippen LogP contribution is 2.39. The number of anilines is 2. The van der Waals surface area contributed by atoms with Crippen molar-refractivity contribution in [2.24, 2.45) is 0 Å². The molecule has 1 aromatic heterocycles. The zero-order valence-corrected chi connectivity index (χ0v) is 38.9. The number of aromatic nitrogens is 2. The lowest BCUT2D eigenvalue weighted by atomic mass is 10.0. The van der Waals surface area contributed by atoms with Crippen LogP contribution in [0, 0.1) is 0 Å². The summed E-state index contributed by atoms with van der Waals surface area (Å²) in [7, 11) is -2.96. The van der Waals surface area contributed by atoms with Crippen molar-refractivity contribution in [3.05, 3.63) is 108 Å². The maximum atomic E-state index is 13.8. The van der Waals surface area contributed by atoms with Gasteiger partial charge in [0.2, 0.25) is 0 Å². The van der Waals surface area contributed by atoms with Crippen LogP contribution in [0.25, 0.3) is 10.8 Å². The minimum atomic E-state index is -2.96. The molecule has 2 fully saturated rings. The van der Waals surface area contributed by atoms with E-state index in [4.69, 9.17) is 28.6 Å². The van der Waals surface area contributed by atoms with Crippen LogP contribution in [0.3, 0.4) is 0 Å². The Morgan fingerprint density at radius 3 is 2.21 bits per heavy atom. The second-order valence-electron chi connectivity index (χ2n) is 19.0. The summed E-state index contributed by atoms with van der Waals surface area (Å²) in [6.45, 7) is 20.3. The van der Waals surface area contributed by atoms with Gasteiger partial charge < -0.3 is 38.4 Å². The third-order valence-corrected chi connectivity index (χ3v) is 17.5. The molecule has 0 unspecified atom stereocenters. The SMILES string of the molecule is CC(C)(C)OC(=O)N1CCN(c2nc(OCCCN3CCOCC3)nc3c2CCN(c2cc(O)cc4ccccc24)C3)[C@H](CO[Si](c2ccccc2)(c2ccccc2)C(C)(C)C)C1. The standard InChI is InChI=1S/C50H64N6O6Si/c1-49(2,3)62-48(58)55-25-26-56(38(34-55)36-61-63(50(4,5)6,40-17-9-7-10-18-40)41-19-11-8-12-20-41)46-43-22-24-54(45-33-39(57)32-37-16-13-14-21-42(37)45)35-44(43)51-47(52-46)60-29-15-23-53-27-30-59-31-28-53/h7-14,16-21,32-33,38,57H,15,22-31,34-36H2,1-6H3/t38-/m0/s1. The molecule has 1 N–H and O–H groups in total. The summed E-state index contributed by atoms with van der Waals surface area (Å²) >= 11 is 0. The Bertz CT molecular complexity index is 2290. The Morgan fingerprint density at radius 1 is 0.841 bits per heavy atom. The van der Waals surface area contributed by atoms with Gasteiger partial charge in [0.25, 0.3) is 8.32 Å². The van der Waals surface area contributed by atoms with Crippen molar-refractivity contribution in [3.8, 4) is 11.8 Å². The van der Waals surface area contributed by atoms with E-state index in [1.807, 2.05) is 56.0 Å². The van der Waals surface area contributed by atoms with Gasteiger partial charge in [-0.1, -0.05) is 106 Å². The first-order chi connectivity index (χ1) is 30.3. The molecule has 2 saturated heterocycles. The monoisotopic (exact) mass is 872 g/mol. The average molecular weight is 873 g/mol. The molecule has 4 aromatic carbocycles. The Morgan fingerprint density at radius 2 is 1.52 bits per heavy atom. The number of phenolic OH excluding ortho intramolecular Hbond substituents is 1. The molecule has 63 heavy (non-hydrogen) atoms. The highest BCUT2D eigenvalue weighted by molar-refractivity contribution is 6.99. The number of ether oxygens (including phenoxy) is 3. The van der Waals surface area contributed by atoms with Crippen molar-refractivity contribution in [1.82, 2.24) is 19.8 Å². The lowest BCUT2D eigenvalue weighted by Gasteiger charge is -2.47. The van der Waals surface area contributed by atoms with Crippen molar-refractivity contribution in [1.29, 1.82) is 0 Å². The largest absolute Gasteiger partial charge is 0.508 e. The van der Waals surface area contributed by atoms with Crippen molar-refractivity contribution < 1.29 is 28.5 Å². The number of carbonyl (C=O) groups is 1. The number of piperazine rings is 1. The zero-order valence-electron chi connectivity index (χ0n) is 37.9. The molecule has 5 aromatic rings. The lowest BCUT2D eigenvalue weighted by molar-refractivity contribution is 0.0199. The average Bonchev–Trinajstić information content (AvgIpc) is 3.27. The van der Waals surface area contributed by atoms with Gasteiger partial charge in [-0.05, 0) is 60.5 Å². The molecular formula is C50H64N6O6Si. The molecule has 3 aliphatic heterocycles. The summed E-state index contributed by atoms with van der Waals surface area (Å²) in [4.78, 5) is 33.1. The van der Waals surface area contributed by atoms with E-state index in [9.17, 15) is 9.90 Å². The summed E-state index contributed by atoms with van der Waals surface area (Å²) in [6, 6.07) is 33.3. The smallest absolute Gasteiger partial charge is 0.410 e. The van der Waals surface area contributed by atoms with E-state index < -0.39 is 13.9 Å². The first-order valence-electron chi connectivity index (χ1n) is 22.6. The van der Waals surface area contributed by atoms with E-state index >= 15 is 0 Å². The minimum absolute atomic E-state index is 0.230. The number of hydrogen-bond acceptors (Lipinski definition) is 11. The fourth-order valence-corrected chi connectivity index (χ4v) is 14.1. The summed E-state index contributed by atoms with van der Waals surface area (Å²) in [6.07, 6.45) is 1.18. The summed E-state index contributed by atoms with van der Waals surface area (Å²) in [5.41, 5.74) is 2.29. The van der Waals surface area contributed by atoms with Crippen LogP contribution in [0.1, 0.15) is 59.2 Å². The van der Waals surface area contributed by atoms with Gasteiger partial charge in [0, 0.05) is 68.5 Å². The molecule has 8 rings (SSSR count). The number of nitrogens with zero attached hydrogens (tertiary/aromatic N) is 6. The lowest BCUT2D eigenvalue weighted by Crippen LogP contribution is -2.68. The van der Waals surface area contributed by atoms with Crippen LogP contribution in [-0.2, 0) is 26.9 Å². The van der Waals surface area contributed by atoms with Crippen LogP contribution in [0.5, 0.6) is 11.8 Å². The van der Waals surface area contributed by atoms with Crippen LogP contribution < -0.4 is 24.9 Å². The molecule has 1 amide bonds. The van der Waals surface area contributed by atoms with E-state index in [1.54, 1.807) is 0 Å². The molecule has 1 atom stereocenters. The van der Waals surface area contributed by atoms with Crippen molar-refractivity contribution in [3.63, 3.8) is 0 Å². The second-order valence-corrected chi connectivity index (χ2v) is 23.3. The van der Waals surface area contributed by atoms with E-state index in [1.165, 1.54) is 10.4 Å². The molecule has 0 spiro atoms. The maximum Gasteiger partial charge on any atom is 0.410 e. The Labute approximate surface area is 373 Å². The summed E-state index contributed by atoms with van der Waals surface area (Å²) < 4.78 is 25.6. The molecule has 0 bridgehead atoms. The first-order valence-corrected chi connectivity index (χ1v) is 24.5. The molecule has 334 valence electrons. The fourth-order valence-electron chi connectivity index (χ4n) is 9.46. The van der Waals surface area contributed by atoms with Crippen LogP contribution in [-0.4, -0.2) is 123 Å². The predicted octanol–water partition coefficient (Wildman–Crippen LogP) is 7.00. The van der Waals surface area contributed by atoms with Crippen LogP contribution >= 0.6 is 0 Å². The Hall–Kier alpha value is -5.21. The summed E-state index contributed by atoms with van der Waals surface area (Å²) in [5.74, 6) is 1.05. The van der Waals surface area contributed by atoms with Gasteiger partial charge in [-0.25, -0.2) is 4.79 Å². The van der Waals surface area contributed by atoms with Gasteiger partial charge in [-0.15, -0.1) is 0 Å². The predicted molar refractivity (Wildman–Crippen MR) is 252 cm³/mol. The number of hydrogen-bond donors (Lipinski definition) is 1. The van der Waals surface area contributed by atoms with Crippen molar-refractivity contribution in [2.45, 2.75) is 77.6 Å². The van der Waals surface area contributed by atoms with Crippen LogP contribution in [0.2, 0.25) is 5.04 Å². The number of benzene rings is 4. The topological polar surface area (TPSA) is 113 Å². The molecule has 0 aliphatic carbocycles. The fraction of sp³-hybridized carbons (Fsp3) is 0.460. The molecule has 0 radical (unpaired) electrons. The highest BCUT2D eigenvalue weighted by atomic mass is 28.4. The second kappa shape index (κ2) is 18.9. The third kappa shape index (κ3) is 9.96. The molecular weight excluding hydrogens is 809 g/mol. The summed E-state index contributed by atoms with van der Waals surface area (Å²) in [5, 5.41) is 15.0. The third-order valence-electron chi connectivity index (χ3n) is 12.5. The van der Waals surface area contributed by atoms with Gasteiger partial charge in [-0.3, -0.25) is 4.90 Å². The van der Waals surface area contributed by atoms with Gasteiger partial charge in [0.05, 0.1) is 44.7 Å². The number of fused-ring (bicyclic) bond motifs is 2. The van der Waals surface area contributed by atoms with E-state index in [-0.39, 0.29) is 22.9 Å². The number of aromatic hydroxyl groups is 1. The van der Waals surface area contributed by atoms with Crippen LogP contribution in [0.15, 0.2) is 97.1 Å². The molecule has 12 nitrogen and oxygen atoms in total. The van der Waals surface area contributed by atoms with Crippen molar-refractivity contribution in [2.75, 3.05) is 82.0 Å². The number of carbonyl (C=O) groups excluding carboxylic acids is 1. The number of phenols is 1. The van der Waals surface area contributed by atoms with Gasteiger partial charge >= 0.3 is 12.1 Å². The number of rotatable bonds is 12. The first kappa shape index (κ1) is 44.4. The Kier molecular flexibility index (Phi) is 13.3. The van der Waals surface area contributed by atoms with Crippen LogP contribution in [0.4, 0.5) is 16.3 Å². The molecule has 3 aliphatic rings.